The van der Waals surface area contributed by atoms with Crippen LogP contribution in [0.1, 0.15) is 22.9 Å². The van der Waals surface area contributed by atoms with Crippen LogP contribution in [0.15, 0.2) is 58.5 Å². The fraction of sp³-hybridized carbons (Fsp3) is 0.296. The van der Waals surface area contributed by atoms with Gasteiger partial charge in [-0.1, -0.05) is 23.9 Å². The van der Waals surface area contributed by atoms with E-state index < -0.39 is 0 Å². The van der Waals surface area contributed by atoms with E-state index >= 15 is 0 Å². The quantitative estimate of drug-likeness (QED) is 0.288. The molecule has 2 aromatic heterocycles. The number of ether oxygens (including phenoxy) is 1. The minimum atomic E-state index is -0.145. The first-order chi connectivity index (χ1) is 17.4. The van der Waals surface area contributed by atoms with Gasteiger partial charge in [-0.25, -0.2) is 4.98 Å². The van der Waals surface area contributed by atoms with Gasteiger partial charge in [0.1, 0.15) is 17.1 Å². The van der Waals surface area contributed by atoms with Crippen molar-refractivity contribution in [1.29, 1.82) is 0 Å². The van der Waals surface area contributed by atoms with Crippen molar-refractivity contribution in [3.05, 3.63) is 74.9 Å². The predicted molar refractivity (Wildman–Crippen MR) is 146 cm³/mol. The van der Waals surface area contributed by atoms with Crippen LogP contribution in [-0.2, 0) is 17.8 Å². The van der Waals surface area contributed by atoms with Crippen molar-refractivity contribution >= 4 is 44.9 Å². The zero-order chi connectivity index (χ0) is 25.2. The van der Waals surface area contributed by atoms with Gasteiger partial charge in [-0.15, -0.1) is 11.3 Å². The highest BCUT2D eigenvalue weighted by atomic mass is 32.2. The fourth-order valence-corrected chi connectivity index (χ4v) is 6.66. The fourth-order valence-electron chi connectivity index (χ4n) is 4.47. The molecule has 3 heterocycles. The van der Waals surface area contributed by atoms with Crippen molar-refractivity contribution in [2.45, 2.75) is 32.0 Å². The molecule has 0 spiro atoms. The minimum absolute atomic E-state index is 0.0807. The molecule has 4 aromatic rings. The first kappa shape index (κ1) is 24.5. The lowest BCUT2D eigenvalue weighted by atomic mass is 10.1. The van der Waals surface area contributed by atoms with Gasteiger partial charge in [-0.05, 0) is 61.4 Å². The Morgan fingerprint density at radius 3 is 2.81 bits per heavy atom. The Hall–Kier alpha value is -3.14. The van der Waals surface area contributed by atoms with Crippen molar-refractivity contribution in [2.75, 3.05) is 31.3 Å². The summed E-state index contributed by atoms with van der Waals surface area (Å²) in [5, 5.41) is 4.16. The van der Waals surface area contributed by atoms with E-state index in [1.54, 1.807) is 15.9 Å². The molecule has 1 aliphatic heterocycles. The molecule has 2 aromatic carbocycles. The van der Waals surface area contributed by atoms with Gasteiger partial charge in [0.05, 0.1) is 41.9 Å². The molecule has 9 heteroatoms. The third-order valence-electron chi connectivity index (χ3n) is 6.18. The molecule has 0 aliphatic carbocycles. The molecule has 0 fully saturated rings. The number of benzene rings is 2. The van der Waals surface area contributed by atoms with E-state index in [4.69, 9.17) is 9.72 Å². The highest BCUT2D eigenvalue weighted by Crippen LogP contribution is 2.32. The van der Waals surface area contributed by atoms with Crippen LogP contribution in [-0.4, -0.2) is 41.4 Å². The lowest BCUT2D eigenvalue weighted by Crippen LogP contribution is -3.08. The second-order valence-electron chi connectivity index (χ2n) is 8.99. The molecule has 0 radical (unpaired) electrons. The van der Waals surface area contributed by atoms with Crippen LogP contribution in [0.4, 0.5) is 5.69 Å². The lowest BCUT2D eigenvalue weighted by molar-refractivity contribution is -0.895. The molecule has 36 heavy (non-hydrogen) atoms. The van der Waals surface area contributed by atoms with Gasteiger partial charge in [-0.3, -0.25) is 14.2 Å². The van der Waals surface area contributed by atoms with Crippen LogP contribution in [0.25, 0.3) is 15.9 Å². The molecular weight excluding hydrogens is 492 g/mol. The number of anilines is 1. The summed E-state index contributed by atoms with van der Waals surface area (Å²) in [7, 11) is 2.17. The Labute approximate surface area is 218 Å². The van der Waals surface area contributed by atoms with E-state index in [0.717, 1.165) is 46.9 Å². The Kier molecular flexibility index (Phi) is 7.13. The third-order valence-corrected chi connectivity index (χ3v) is 8.25. The van der Waals surface area contributed by atoms with Crippen molar-refractivity contribution in [1.82, 2.24) is 9.55 Å². The summed E-state index contributed by atoms with van der Waals surface area (Å²) in [6.45, 7) is 6.39. The summed E-state index contributed by atoms with van der Waals surface area (Å²) in [6.07, 6.45) is 0.868. The Bertz CT molecular complexity index is 1480. The molecule has 7 nitrogen and oxygen atoms in total. The standard InChI is InChI=1S/C27H28N4O3S2/c1-4-34-20-10-8-19(9-11-20)31-26(33)24-21-12-13-30(3)15-22(21)36-25(24)29-27(31)35-16-23(32)28-18-7-5-6-17(2)14-18/h5-11,14H,4,12-13,15-16H2,1-3H3,(H,28,32)/p+1. The number of amides is 1. The molecule has 0 bridgehead atoms. The van der Waals surface area contributed by atoms with Crippen LogP contribution < -0.4 is 20.5 Å². The number of likely N-dealkylation sites (N-methyl/N-ethyl adjacent to an activating group) is 1. The van der Waals surface area contributed by atoms with Crippen molar-refractivity contribution in [3.8, 4) is 11.4 Å². The van der Waals surface area contributed by atoms with Crippen molar-refractivity contribution < 1.29 is 14.4 Å². The summed E-state index contributed by atoms with van der Waals surface area (Å²) in [4.78, 5) is 35.0. The number of aromatic nitrogens is 2. The number of carbonyl (C=O) groups excluding carboxylic acids is 1. The molecular formula is C27H29N4O3S2+. The highest BCUT2D eigenvalue weighted by Gasteiger charge is 2.26. The number of aryl methyl sites for hydroxylation is 1. The van der Waals surface area contributed by atoms with Gasteiger partial charge >= 0.3 is 0 Å². The number of nitrogens with one attached hydrogen (secondary N) is 2. The first-order valence-corrected chi connectivity index (χ1v) is 13.8. The number of thioether (sulfide) groups is 1. The van der Waals surface area contributed by atoms with Crippen LogP contribution >= 0.6 is 23.1 Å². The average Bonchev–Trinajstić information content (AvgIpc) is 3.21. The van der Waals surface area contributed by atoms with E-state index in [-0.39, 0.29) is 17.2 Å². The molecule has 0 saturated carbocycles. The van der Waals surface area contributed by atoms with E-state index in [1.807, 2.05) is 62.4 Å². The lowest BCUT2D eigenvalue weighted by Gasteiger charge is -2.19. The highest BCUT2D eigenvalue weighted by molar-refractivity contribution is 7.99. The number of nitrogens with zero attached hydrogens (tertiary/aromatic N) is 2. The summed E-state index contributed by atoms with van der Waals surface area (Å²) in [5.41, 5.74) is 3.59. The number of rotatable bonds is 7. The van der Waals surface area contributed by atoms with Gasteiger partial charge in [0.2, 0.25) is 5.91 Å². The molecule has 1 amide bonds. The predicted octanol–water partition coefficient (Wildman–Crippen LogP) is 3.46. The van der Waals surface area contributed by atoms with Crippen molar-refractivity contribution in [3.63, 3.8) is 0 Å². The summed E-state index contributed by atoms with van der Waals surface area (Å²) in [5.74, 6) is 0.740. The maximum absolute atomic E-state index is 13.9. The number of carbonyl (C=O) groups is 1. The van der Waals surface area contributed by atoms with Crippen molar-refractivity contribution in [2.24, 2.45) is 0 Å². The average molecular weight is 522 g/mol. The van der Waals surface area contributed by atoms with E-state index in [1.165, 1.54) is 21.5 Å². The van der Waals surface area contributed by atoms with Crippen LogP contribution in [0.5, 0.6) is 5.75 Å². The SMILES string of the molecule is CCOc1ccc(-n2c(SCC(=O)Nc3cccc(C)c3)nc3sc4c(c3c2=O)CC[NH+](C)C4)cc1. The summed E-state index contributed by atoms with van der Waals surface area (Å²) < 4.78 is 7.22. The van der Waals surface area contributed by atoms with E-state index in [2.05, 4.69) is 12.4 Å². The Morgan fingerprint density at radius 2 is 2.06 bits per heavy atom. The maximum atomic E-state index is 13.9. The van der Waals surface area contributed by atoms with Crippen LogP contribution in [0.3, 0.4) is 0 Å². The normalized spacial score (nSPS) is 15.0. The second-order valence-corrected chi connectivity index (χ2v) is 11.0. The van der Waals surface area contributed by atoms with Gasteiger partial charge in [0.25, 0.3) is 5.56 Å². The molecule has 5 rings (SSSR count). The number of fused-ring (bicyclic) bond motifs is 3. The van der Waals surface area contributed by atoms with Gasteiger partial charge in [-0.2, -0.15) is 0 Å². The summed E-state index contributed by atoms with van der Waals surface area (Å²) >= 11 is 2.88. The molecule has 186 valence electrons. The molecule has 1 atom stereocenters. The zero-order valence-corrected chi connectivity index (χ0v) is 22.2. The molecule has 2 N–H and O–H groups in total. The van der Waals surface area contributed by atoms with Gasteiger partial charge < -0.3 is 15.0 Å². The third kappa shape index (κ3) is 5.04. The minimum Gasteiger partial charge on any atom is -0.494 e. The van der Waals surface area contributed by atoms with Gasteiger partial charge in [0, 0.05) is 12.1 Å². The Morgan fingerprint density at radius 1 is 1.25 bits per heavy atom. The Balaban J connectivity index is 1.52. The van der Waals surface area contributed by atoms with E-state index in [0.29, 0.717) is 22.8 Å². The molecule has 1 aliphatic rings. The number of hydrogen-bond donors (Lipinski definition) is 2. The number of quaternary nitrogens is 1. The smallest absolute Gasteiger partial charge is 0.267 e. The second kappa shape index (κ2) is 10.5. The largest absolute Gasteiger partial charge is 0.494 e. The van der Waals surface area contributed by atoms with E-state index in [9.17, 15) is 9.59 Å². The van der Waals surface area contributed by atoms with Crippen LogP contribution in [0, 0.1) is 6.92 Å². The number of thiophene rings is 1. The van der Waals surface area contributed by atoms with Crippen LogP contribution in [0.2, 0.25) is 0 Å². The summed E-state index contributed by atoms with van der Waals surface area (Å²) in [6, 6.07) is 15.1. The first-order valence-electron chi connectivity index (χ1n) is 12.0. The molecule has 0 saturated heterocycles. The monoisotopic (exact) mass is 521 g/mol. The number of hydrogen-bond acceptors (Lipinski definition) is 6. The molecule has 1 unspecified atom stereocenters. The zero-order valence-electron chi connectivity index (χ0n) is 20.6. The van der Waals surface area contributed by atoms with Gasteiger partial charge in [0.15, 0.2) is 5.16 Å². The maximum Gasteiger partial charge on any atom is 0.267 e. The topological polar surface area (TPSA) is 77.7 Å².